The third kappa shape index (κ3) is 2.86. The van der Waals surface area contributed by atoms with Gasteiger partial charge in [-0.15, -0.1) is 0 Å². The Balaban J connectivity index is 2.49. The van der Waals surface area contributed by atoms with E-state index in [2.05, 4.69) is 15.4 Å². The van der Waals surface area contributed by atoms with E-state index in [1.807, 2.05) is 0 Å². The van der Waals surface area contributed by atoms with Gasteiger partial charge in [0.15, 0.2) is 0 Å². The molecule has 17 heavy (non-hydrogen) atoms. The van der Waals surface area contributed by atoms with Gasteiger partial charge in [-0.05, 0) is 26.2 Å². The number of carboxylic acids is 1. The molecule has 0 saturated heterocycles. The van der Waals surface area contributed by atoms with Gasteiger partial charge in [-0.1, -0.05) is 0 Å². The molecule has 1 atom stereocenters. The second-order valence-electron chi connectivity index (χ2n) is 4.08. The largest absolute Gasteiger partial charge is 0.480 e. The summed E-state index contributed by atoms with van der Waals surface area (Å²) in [5.74, 6) is -1.64. The van der Waals surface area contributed by atoms with Crippen LogP contribution in [0.2, 0.25) is 0 Å². The van der Waals surface area contributed by atoms with Gasteiger partial charge in [-0.2, -0.15) is 0 Å². The van der Waals surface area contributed by atoms with E-state index >= 15 is 0 Å². The minimum Gasteiger partial charge on any atom is -0.480 e. The second-order valence-corrected chi connectivity index (χ2v) is 4.08. The lowest BCUT2D eigenvalue weighted by molar-refractivity contribution is -0.148. The van der Waals surface area contributed by atoms with Crippen LogP contribution >= 0.6 is 0 Å². The topological polar surface area (TPSA) is 105 Å². The van der Waals surface area contributed by atoms with Crippen LogP contribution < -0.4 is 10.6 Å². The lowest BCUT2D eigenvalue weighted by Gasteiger charge is -2.38. The summed E-state index contributed by atoms with van der Waals surface area (Å²) in [4.78, 5) is 33.5. The van der Waals surface area contributed by atoms with Gasteiger partial charge in [0.1, 0.15) is 11.6 Å². The zero-order valence-electron chi connectivity index (χ0n) is 9.78. The third-order valence-electron chi connectivity index (χ3n) is 2.87. The summed E-state index contributed by atoms with van der Waals surface area (Å²) in [7, 11) is 1.21. The average Bonchev–Trinajstić information content (AvgIpc) is 2.21. The standard InChI is InChI=1S/C10H16N2O5/c1-6(7(13)17-2)11-9(16)12-10(8(14)15)4-3-5-10/h6H,3-5H2,1-2H3,(H,14,15)(H2,11,12,16). The van der Waals surface area contributed by atoms with E-state index in [9.17, 15) is 14.4 Å². The monoisotopic (exact) mass is 244 g/mol. The number of ether oxygens (including phenoxy) is 1. The number of methoxy groups -OCH3 is 1. The zero-order valence-corrected chi connectivity index (χ0v) is 9.78. The summed E-state index contributed by atoms with van der Waals surface area (Å²) in [6, 6.07) is -1.49. The smallest absolute Gasteiger partial charge is 0.329 e. The lowest BCUT2D eigenvalue weighted by Crippen LogP contribution is -2.62. The summed E-state index contributed by atoms with van der Waals surface area (Å²) in [6.45, 7) is 1.46. The van der Waals surface area contributed by atoms with Gasteiger partial charge in [0.05, 0.1) is 7.11 Å². The van der Waals surface area contributed by atoms with Gasteiger partial charge in [-0.25, -0.2) is 14.4 Å². The first kappa shape index (κ1) is 13.3. The highest BCUT2D eigenvalue weighted by molar-refractivity contribution is 5.89. The van der Waals surface area contributed by atoms with Crippen molar-refractivity contribution in [2.75, 3.05) is 7.11 Å². The van der Waals surface area contributed by atoms with Crippen LogP contribution in [0.3, 0.4) is 0 Å². The maximum Gasteiger partial charge on any atom is 0.329 e. The average molecular weight is 244 g/mol. The van der Waals surface area contributed by atoms with E-state index < -0.39 is 29.6 Å². The number of hydrogen-bond donors (Lipinski definition) is 3. The summed E-state index contributed by atoms with van der Waals surface area (Å²) in [6.07, 6.45) is 1.57. The number of carbonyl (C=O) groups is 3. The fourth-order valence-corrected chi connectivity index (χ4v) is 1.61. The van der Waals surface area contributed by atoms with E-state index in [0.717, 1.165) is 6.42 Å². The van der Waals surface area contributed by atoms with Crippen LogP contribution in [0.15, 0.2) is 0 Å². The zero-order chi connectivity index (χ0) is 13.1. The number of nitrogens with one attached hydrogen (secondary N) is 2. The minimum absolute atomic E-state index is 0.405. The minimum atomic E-state index is -1.18. The molecule has 0 spiro atoms. The number of amides is 2. The molecule has 0 aromatic carbocycles. The molecule has 1 aliphatic carbocycles. The van der Waals surface area contributed by atoms with Gasteiger partial charge < -0.3 is 20.5 Å². The molecule has 2 amide bonds. The highest BCUT2D eigenvalue weighted by Gasteiger charge is 2.45. The highest BCUT2D eigenvalue weighted by Crippen LogP contribution is 2.31. The van der Waals surface area contributed by atoms with Gasteiger partial charge in [0, 0.05) is 0 Å². The molecule has 7 heteroatoms. The van der Waals surface area contributed by atoms with Crippen molar-refractivity contribution in [1.29, 1.82) is 0 Å². The molecule has 1 rings (SSSR count). The Hall–Kier alpha value is -1.79. The first-order chi connectivity index (χ1) is 7.91. The Morgan fingerprint density at radius 1 is 1.35 bits per heavy atom. The van der Waals surface area contributed by atoms with Gasteiger partial charge >= 0.3 is 18.0 Å². The van der Waals surface area contributed by atoms with Crippen molar-refractivity contribution in [3.05, 3.63) is 0 Å². The maximum absolute atomic E-state index is 11.5. The Kier molecular flexibility index (Phi) is 3.93. The molecule has 0 bridgehead atoms. The Bertz CT molecular complexity index is 338. The molecule has 0 radical (unpaired) electrons. The molecule has 0 aromatic rings. The normalized spacial score (nSPS) is 18.5. The van der Waals surface area contributed by atoms with Crippen molar-refractivity contribution in [3.8, 4) is 0 Å². The van der Waals surface area contributed by atoms with E-state index in [4.69, 9.17) is 5.11 Å². The summed E-state index contributed by atoms with van der Waals surface area (Å²) >= 11 is 0. The van der Waals surface area contributed by atoms with Crippen LogP contribution in [-0.4, -0.2) is 41.8 Å². The van der Waals surface area contributed by atoms with Crippen molar-refractivity contribution in [3.63, 3.8) is 0 Å². The number of esters is 1. The molecule has 1 fully saturated rings. The first-order valence-corrected chi connectivity index (χ1v) is 5.31. The predicted octanol–water partition coefficient (Wildman–Crippen LogP) is -0.146. The van der Waals surface area contributed by atoms with Crippen molar-refractivity contribution >= 4 is 18.0 Å². The molecule has 0 heterocycles. The van der Waals surface area contributed by atoms with Gasteiger partial charge in [-0.3, -0.25) is 0 Å². The molecule has 1 saturated carbocycles. The van der Waals surface area contributed by atoms with Gasteiger partial charge in [0.25, 0.3) is 0 Å². The Morgan fingerprint density at radius 3 is 2.29 bits per heavy atom. The van der Waals surface area contributed by atoms with Crippen molar-refractivity contribution < 1.29 is 24.2 Å². The third-order valence-corrected chi connectivity index (χ3v) is 2.87. The molecule has 7 nitrogen and oxygen atoms in total. The number of carbonyl (C=O) groups excluding carboxylic acids is 2. The van der Waals surface area contributed by atoms with Crippen molar-refractivity contribution in [1.82, 2.24) is 10.6 Å². The van der Waals surface area contributed by atoms with E-state index in [-0.39, 0.29) is 0 Å². The quantitative estimate of drug-likeness (QED) is 0.597. The molecular weight excluding hydrogens is 228 g/mol. The van der Waals surface area contributed by atoms with E-state index in [1.165, 1.54) is 14.0 Å². The molecule has 1 unspecified atom stereocenters. The van der Waals surface area contributed by atoms with Crippen LogP contribution in [-0.2, 0) is 14.3 Å². The van der Waals surface area contributed by atoms with Crippen LogP contribution in [0, 0.1) is 0 Å². The van der Waals surface area contributed by atoms with Crippen LogP contribution in [0.4, 0.5) is 4.79 Å². The van der Waals surface area contributed by atoms with E-state index in [0.29, 0.717) is 12.8 Å². The van der Waals surface area contributed by atoms with Crippen LogP contribution in [0.1, 0.15) is 26.2 Å². The fourth-order valence-electron chi connectivity index (χ4n) is 1.61. The molecule has 0 aromatic heterocycles. The summed E-state index contributed by atoms with van der Waals surface area (Å²) in [5.41, 5.74) is -1.18. The Labute approximate surface area is 98.5 Å². The first-order valence-electron chi connectivity index (χ1n) is 5.31. The van der Waals surface area contributed by atoms with Crippen LogP contribution in [0.25, 0.3) is 0 Å². The van der Waals surface area contributed by atoms with Crippen molar-refractivity contribution in [2.24, 2.45) is 0 Å². The Morgan fingerprint density at radius 2 is 1.94 bits per heavy atom. The SMILES string of the molecule is COC(=O)C(C)NC(=O)NC1(C(=O)O)CCC1. The molecule has 0 aliphatic heterocycles. The highest BCUT2D eigenvalue weighted by atomic mass is 16.5. The van der Waals surface area contributed by atoms with Gasteiger partial charge in [0.2, 0.25) is 0 Å². The number of carboxylic acid groups (broad SMARTS) is 1. The summed E-state index contributed by atoms with van der Waals surface area (Å²) in [5, 5.41) is 13.7. The molecular formula is C10H16N2O5. The lowest BCUT2D eigenvalue weighted by atomic mass is 9.77. The maximum atomic E-state index is 11.5. The second kappa shape index (κ2) is 5.03. The number of hydrogen-bond acceptors (Lipinski definition) is 4. The van der Waals surface area contributed by atoms with Crippen LogP contribution in [0.5, 0.6) is 0 Å². The number of rotatable bonds is 4. The molecule has 96 valence electrons. The summed E-state index contributed by atoms with van der Waals surface area (Å²) < 4.78 is 4.43. The molecule has 3 N–H and O–H groups in total. The van der Waals surface area contributed by atoms with E-state index in [1.54, 1.807) is 0 Å². The van der Waals surface area contributed by atoms with Crippen molar-refractivity contribution in [2.45, 2.75) is 37.8 Å². The number of aliphatic carboxylic acids is 1. The molecule has 1 aliphatic rings. The fraction of sp³-hybridized carbons (Fsp3) is 0.700. The predicted molar refractivity (Wildman–Crippen MR) is 57.4 cm³/mol. The number of urea groups is 1.